The van der Waals surface area contributed by atoms with Crippen molar-refractivity contribution in [1.82, 2.24) is 4.98 Å². The van der Waals surface area contributed by atoms with Crippen molar-refractivity contribution in [3.63, 3.8) is 0 Å². The molecule has 0 aliphatic carbocycles. The number of allylic oxidation sites excluding steroid dienone is 1. The van der Waals surface area contributed by atoms with Crippen LogP contribution < -0.4 is 0 Å². The predicted molar refractivity (Wildman–Crippen MR) is 57.7 cm³/mol. The summed E-state index contributed by atoms with van der Waals surface area (Å²) in [5.74, 6) is -0.471. The molecule has 0 atom stereocenters. The zero-order valence-corrected chi connectivity index (χ0v) is 9.28. The number of rotatable bonds is 3. The number of ketones is 1. The molecule has 4 nitrogen and oxygen atoms in total. The van der Waals surface area contributed by atoms with Gasteiger partial charge in [0.2, 0.25) is 0 Å². The number of Topliss-reactive ketones (excluding diaryl/α,β-unsaturated/α-hetero) is 1. The van der Waals surface area contributed by atoms with Gasteiger partial charge in [-0.1, -0.05) is 6.07 Å². The summed E-state index contributed by atoms with van der Waals surface area (Å²) in [6, 6.07) is 3.35. The van der Waals surface area contributed by atoms with E-state index in [4.69, 9.17) is 0 Å². The van der Waals surface area contributed by atoms with E-state index in [1.807, 2.05) is 0 Å². The van der Waals surface area contributed by atoms with Crippen LogP contribution in [0.5, 0.6) is 0 Å². The summed E-state index contributed by atoms with van der Waals surface area (Å²) in [4.78, 5) is 14.8. The number of carbonyl (C=O) groups excluding carboxylic acids is 1. The molecule has 0 saturated carbocycles. The standard InChI is InChI=1S/C10H11NO3S/c1-8(12)10(15(2,13)14)6-9-4-3-5-11-7-9/h3-7H,1-2H3/b10-6-. The van der Waals surface area contributed by atoms with Gasteiger partial charge in [0.15, 0.2) is 15.6 Å². The molecule has 1 rings (SSSR count). The van der Waals surface area contributed by atoms with Gasteiger partial charge in [-0.3, -0.25) is 9.78 Å². The minimum absolute atomic E-state index is 0.199. The third-order valence-corrected chi connectivity index (χ3v) is 2.93. The summed E-state index contributed by atoms with van der Waals surface area (Å²) in [7, 11) is -3.48. The van der Waals surface area contributed by atoms with Crippen molar-refractivity contribution in [2.24, 2.45) is 0 Å². The fourth-order valence-corrected chi connectivity index (χ4v) is 1.95. The minimum Gasteiger partial charge on any atom is -0.294 e. The van der Waals surface area contributed by atoms with E-state index in [1.165, 1.54) is 19.2 Å². The maximum Gasteiger partial charge on any atom is 0.179 e. The Labute approximate surface area is 88.6 Å². The van der Waals surface area contributed by atoms with Crippen LogP contribution >= 0.6 is 0 Å². The molecule has 80 valence electrons. The van der Waals surface area contributed by atoms with Gasteiger partial charge >= 0.3 is 0 Å². The van der Waals surface area contributed by atoms with Crippen LogP contribution in [0.1, 0.15) is 12.5 Å². The summed E-state index contributed by atoms with van der Waals surface area (Å²) in [5.41, 5.74) is 0.591. The Morgan fingerprint density at radius 2 is 2.13 bits per heavy atom. The molecule has 0 spiro atoms. The number of carbonyl (C=O) groups is 1. The first-order valence-corrected chi connectivity index (χ1v) is 6.13. The van der Waals surface area contributed by atoms with Crippen LogP contribution in [-0.2, 0) is 14.6 Å². The first-order valence-electron chi connectivity index (χ1n) is 4.24. The van der Waals surface area contributed by atoms with Crippen molar-refractivity contribution in [1.29, 1.82) is 0 Å². The van der Waals surface area contributed by atoms with Crippen LogP contribution in [0, 0.1) is 0 Å². The highest BCUT2D eigenvalue weighted by Crippen LogP contribution is 2.11. The number of nitrogens with zero attached hydrogens (tertiary/aromatic N) is 1. The van der Waals surface area contributed by atoms with E-state index in [9.17, 15) is 13.2 Å². The molecular weight excluding hydrogens is 214 g/mol. The Morgan fingerprint density at radius 3 is 2.53 bits per heavy atom. The van der Waals surface area contributed by atoms with Gasteiger partial charge in [-0.2, -0.15) is 0 Å². The number of sulfone groups is 1. The number of pyridine rings is 1. The Bertz CT molecular complexity index is 489. The molecule has 1 aromatic rings. The maximum atomic E-state index is 11.3. The highest BCUT2D eigenvalue weighted by Gasteiger charge is 2.15. The molecule has 0 aliphatic rings. The van der Waals surface area contributed by atoms with Crippen LogP contribution in [0.2, 0.25) is 0 Å². The number of hydrogen-bond acceptors (Lipinski definition) is 4. The van der Waals surface area contributed by atoms with Gasteiger partial charge in [-0.25, -0.2) is 8.42 Å². The average molecular weight is 225 g/mol. The van der Waals surface area contributed by atoms with E-state index in [1.54, 1.807) is 18.3 Å². The first-order chi connectivity index (χ1) is 6.91. The fourth-order valence-electron chi connectivity index (χ4n) is 1.08. The average Bonchev–Trinajstić information content (AvgIpc) is 2.13. The molecule has 0 bridgehead atoms. The third kappa shape index (κ3) is 3.28. The van der Waals surface area contributed by atoms with Crippen molar-refractivity contribution in [3.8, 4) is 0 Å². The lowest BCUT2D eigenvalue weighted by Gasteiger charge is -2.00. The van der Waals surface area contributed by atoms with Crippen LogP contribution in [-0.4, -0.2) is 25.4 Å². The molecule has 0 unspecified atom stereocenters. The van der Waals surface area contributed by atoms with E-state index in [0.717, 1.165) is 6.26 Å². The second-order valence-electron chi connectivity index (χ2n) is 3.12. The van der Waals surface area contributed by atoms with E-state index in [0.29, 0.717) is 5.56 Å². The van der Waals surface area contributed by atoms with Crippen molar-refractivity contribution >= 4 is 21.7 Å². The number of aromatic nitrogens is 1. The normalized spacial score (nSPS) is 12.5. The van der Waals surface area contributed by atoms with Gasteiger partial charge in [0.1, 0.15) is 4.91 Å². The largest absolute Gasteiger partial charge is 0.294 e. The molecule has 1 aromatic heterocycles. The minimum atomic E-state index is -3.48. The summed E-state index contributed by atoms with van der Waals surface area (Å²) in [6.45, 7) is 1.23. The molecular formula is C10H11NO3S. The third-order valence-electron chi connectivity index (χ3n) is 1.73. The van der Waals surface area contributed by atoms with Gasteiger partial charge < -0.3 is 0 Å². The molecule has 0 N–H and O–H groups in total. The highest BCUT2D eigenvalue weighted by atomic mass is 32.2. The van der Waals surface area contributed by atoms with Crippen molar-refractivity contribution in [2.75, 3.05) is 6.26 Å². The van der Waals surface area contributed by atoms with Crippen LogP contribution in [0.15, 0.2) is 29.4 Å². The van der Waals surface area contributed by atoms with Crippen molar-refractivity contribution < 1.29 is 13.2 Å². The maximum absolute atomic E-state index is 11.3. The molecule has 0 fully saturated rings. The monoisotopic (exact) mass is 225 g/mol. The van der Waals surface area contributed by atoms with E-state index < -0.39 is 15.6 Å². The van der Waals surface area contributed by atoms with E-state index >= 15 is 0 Å². The lowest BCUT2D eigenvalue weighted by Crippen LogP contribution is -2.08. The Morgan fingerprint density at radius 1 is 1.47 bits per heavy atom. The topological polar surface area (TPSA) is 64.1 Å². The van der Waals surface area contributed by atoms with E-state index in [2.05, 4.69) is 4.98 Å². The predicted octanol–water partition coefficient (Wildman–Crippen LogP) is 1.06. The Balaban J connectivity index is 3.24. The Hall–Kier alpha value is -1.49. The van der Waals surface area contributed by atoms with Gasteiger partial charge in [-0.05, 0) is 24.6 Å². The first kappa shape index (κ1) is 11.6. The van der Waals surface area contributed by atoms with Gasteiger partial charge in [-0.15, -0.1) is 0 Å². The lowest BCUT2D eigenvalue weighted by molar-refractivity contribution is -0.112. The molecule has 15 heavy (non-hydrogen) atoms. The zero-order valence-electron chi connectivity index (χ0n) is 8.47. The molecule has 5 heteroatoms. The SMILES string of the molecule is CC(=O)/C(=C/c1cccnc1)S(C)(=O)=O. The Kier molecular flexibility index (Phi) is 3.36. The number of hydrogen-bond donors (Lipinski definition) is 0. The molecule has 0 saturated heterocycles. The highest BCUT2D eigenvalue weighted by molar-refractivity contribution is 7.95. The van der Waals surface area contributed by atoms with Crippen LogP contribution in [0.3, 0.4) is 0 Å². The summed E-state index contributed by atoms with van der Waals surface area (Å²) < 4.78 is 22.5. The fraction of sp³-hybridized carbons (Fsp3) is 0.200. The summed E-state index contributed by atoms with van der Waals surface area (Å²) >= 11 is 0. The quantitative estimate of drug-likeness (QED) is 0.721. The smallest absolute Gasteiger partial charge is 0.179 e. The van der Waals surface area contributed by atoms with Crippen molar-refractivity contribution in [2.45, 2.75) is 6.92 Å². The summed E-state index contributed by atoms with van der Waals surface area (Å²) in [5, 5.41) is 0. The van der Waals surface area contributed by atoms with Gasteiger partial charge in [0, 0.05) is 18.6 Å². The second kappa shape index (κ2) is 4.35. The molecule has 0 aromatic carbocycles. The zero-order chi connectivity index (χ0) is 11.5. The van der Waals surface area contributed by atoms with Gasteiger partial charge in [0.25, 0.3) is 0 Å². The summed E-state index contributed by atoms with van der Waals surface area (Å²) in [6.07, 6.45) is 5.40. The molecule has 0 radical (unpaired) electrons. The molecule has 0 aliphatic heterocycles. The second-order valence-corrected chi connectivity index (χ2v) is 5.11. The lowest BCUT2D eigenvalue weighted by atomic mass is 10.2. The van der Waals surface area contributed by atoms with Crippen molar-refractivity contribution in [3.05, 3.63) is 35.0 Å². The van der Waals surface area contributed by atoms with Crippen LogP contribution in [0.25, 0.3) is 6.08 Å². The molecule has 1 heterocycles. The molecule has 0 amide bonds. The van der Waals surface area contributed by atoms with Gasteiger partial charge in [0.05, 0.1) is 0 Å². The van der Waals surface area contributed by atoms with E-state index in [-0.39, 0.29) is 4.91 Å². The van der Waals surface area contributed by atoms with Crippen LogP contribution in [0.4, 0.5) is 0 Å².